The number of hydrogen-bond donors (Lipinski definition) is 1. The maximum absolute atomic E-state index is 12.8. The van der Waals surface area contributed by atoms with Crippen molar-refractivity contribution in [2.24, 2.45) is 5.92 Å². The van der Waals surface area contributed by atoms with Crippen molar-refractivity contribution in [3.63, 3.8) is 0 Å². The summed E-state index contributed by atoms with van der Waals surface area (Å²) in [5.74, 6) is 0.743. The number of hydrogen-bond acceptors (Lipinski definition) is 2. The van der Waals surface area contributed by atoms with Crippen molar-refractivity contribution in [3.05, 3.63) is 23.8 Å². The predicted octanol–water partition coefficient (Wildman–Crippen LogP) is 3.54. The first-order valence-electron chi connectivity index (χ1n) is 5.50. The first kappa shape index (κ1) is 12.1. The van der Waals surface area contributed by atoms with E-state index in [0.29, 0.717) is 12.5 Å². The molecule has 1 aromatic carbocycles. The van der Waals surface area contributed by atoms with Crippen LogP contribution in [0, 0.1) is 5.92 Å². The lowest BCUT2D eigenvalue weighted by molar-refractivity contribution is -0.137. The van der Waals surface area contributed by atoms with Gasteiger partial charge in [0.15, 0.2) is 0 Å². The van der Waals surface area contributed by atoms with E-state index in [-0.39, 0.29) is 11.4 Å². The van der Waals surface area contributed by atoms with Crippen LogP contribution in [-0.4, -0.2) is 13.7 Å². The van der Waals surface area contributed by atoms with Crippen LogP contribution >= 0.6 is 0 Å². The lowest BCUT2D eigenvalue weighted by atomic mass is 10.1. The van der Waals surface area contributed by atoms with Crippen LogP contribution in [0.5, 0.6) is 5.75 Å². The number of methoxy groups -OCH3 is 1. The van der Waals surface area contributed by atoms with Gasteiger partial charge in [0.25, 0.3) is 0 Å². The molecule has 1 aromatic rings. The zero-order chi connectivity index (χ0) is 12.5. The van der Waals surface area contributed by atoms with Gasteiger partial charge >= 0.3 is 6.18 Å². The summed E-state index contributed by atoms with van der Waals surface area (Å²) in [4.78, 5) is 0. The molecular formula is C12H14F3NO. The average Bonchev–Trinajstić information content (AvgIpc) is 3.08. The Balaban J connectivity index is 2.22. The Morgan fingerprint density at radius 1 is 1.35 bits per heavy atom. The molecule has 0 amide bonds. The van der Waals surface area contributed by atoms with Crippen molar-refractivity contribution < 1.29 is 17.9 Å². The normalized spacial score (nSPS) is 15.8. The molecular weight excluding hydrogens is 231 g/mol. The zero-order valence-corrected chi connectivity index (χ0v) is 9.47. The van der Waals surface area contributed by atoms with E-state index in [9.17, 15) is 13.2 Å². The largest absolute Gasteiger partial charge is 0.497 e. The molecule has 0 atom stereocenters. The number of rotatable bonds is 4. The Kier molecular flexibility index (Phi) is 3.17. The van der Waals surface area contributed by atoms with Gasteiger partial charge in [-0.2, -0.15) is 13.2 Å². The number of alkyl halides is 3. The minimum atomic E-state index is -4.36. The molecule has 0 aromatic heterocycles. The van der Waals surface area contributed by atoms with Crippen LogP contribution in [0.2, 0.25) is 0 Å². The van der Waals surface area contributed by atoms with Crippen LogP contribution < -0.4 is 10.1 Å². The summed E-state index contributed by atoms with van der Waals surface area (Å²) in [6.07, 6.45) is -2.16. The molecule has 0 radical (unpaired) electrons. The van der Waals surface area contributed by atoms with Crippen LogP contribution in [0.15, 0.2) is 18.2 Å². The molecule has 0 bridgehead atoms. The van der Waals surface area contributed by atoms with Crippen LogP contribution in [0.25, 0.3) is 0 Å². The SMILES string of the molecule is COc1ccc(NCC2CC2)c(C(F)(F)F)c1. The van der Waals surface area contributed by atoms with Crippen molar-refractivity contribution >= 4 is 5.69 Å². The van der Waals surface area contributed by atoms with E-state index in [1.807, 2.05) is 0 Å². The Morgan fingerprint density at radius 2 is 2.06 bits per heavy atom. The third-order valence-corrected chi connectivity index (χ3v) is 2.81. The van der Waals surface area contributed by atoms with Crippen molar-refractivity contribution in [2.45, 2.75) is 19.0 Å². The van der Waals surface area contributed by atoms with Gasteiger partial charge in [0.2, 0.25) is 0 Å². The summed E-state index contributed by atoms with van der Waals surface area (Å²) in [6.45, 7) is 0.607. The second-order valence-corrected chi connectivity index (χ2v) is 4.23. The monoisotopic (exact) mass is 245 g/mol. The van der Waals surface area contributed by atoms with Gasteiger partial charge in [0.05, 0.1) is 12.7 Å². The molecule has 0 spiro atoms. The van der Waals surface area contributed by atoms with Gasteiger partial charge in [-0.1, -0.05) is 0 Å². The lowest BCUT2D eigenvalue weighted by Crippen LogP contribution is -2.12. The quantitative estimate of drug-likeness (QED) is 0.876. The summed E-state index contributed by atoms with van der Waals surface area (Å²) in [7, 11) is 1.35. The summed E-state index contributed by atoms with van der Waals surface area (Å²) in [6, 6.07) is 3.98. The summed E-state index contributed by atoms with van der Waals surface area (Å²) in [5.41, 5.74) is -0.539. The second kappa shape index (κ2) is 4.47. The third kappa shape index (κ3) is 3.05. The molecule has 1 aliphatic rings. The number of anilines is 1. The number of ether oxygens (including phenoxy) is 1. The Hall–Kier alpha value is -1.39. The molecule has 2 rings (SSSR count). The van der Waals surface area contributed by atoms with Gasteiger partial charge in [0, 0.05) is 12.2 Å². The summed E-state index contributed by atoms with van der Waals surface area (Å²) in [5, 5.41) is 2.86. The molecule has 17 heavy (non-hydrogen) atoms. The second-order valence-electron chi connectivity index (χ2n) is 4.23. The molecule has 1 N–H and O–H groups in total. The standard InChI is InChI=1S/C12H14F3NO/c1-17-9-4-5-11(16-7-8-2-3-8)10(6-9)12(13,14)15/h4-6,8,16H,2-3,7H2,1H3. The van der Waals surface area contributed by atoms with Crippen LogP contribution in [-0.2, 0) is 6.18 Å². The topological polar surface area (TPSA) is 21.3 Å². The van der Waals surface area contributed by atoms with Crippen LogP contribution in [0.3, 0.4) is 0 Å². The Morgan fingerprint density at radius 3 is 2.59 bits per heavy atom. The Labute approximate surface area is 97.8 Å². The van der Waals surface area contributed by atoms with E-state index in [2.05, 4.69) is 5.32 Å². The molecule has 1 fully saturated rings. The smallest absolute Gasteiger partial charge is 0.418 e. The molecule has 0 unspecified atom stereocenters. The highest BCUT2D eigenvalue weighted by Gasteiger charge is 2.34. The highest BCUT2D eigenvalue weighted by Crippen LogP contribution is 2.38. The van der Waals surface area contributed by atoms with E-state index in [1.54, 1.807) is 0 Å². The third-order valence-electron chi connectivity index (χ3n) is 2.81. The number of benzene rings is 1. The molecule has 0 heterocycles. The molecule has 5 heteroatoms. The van der Waals surface area contributed by atoms with E-state index in [1.165, 1.54) is 19.2 Å². The van der Waals surface area contributed by atoms with E-state index < -0.39 is 11.7 Å². The van der Waals surface area contributed by atoms with E-state index in [4.69, 9.17) is 4.74 Å². The van der Waals surface area contributed by atoms with Gasteiger partial charge in [-0.25, -0.2) is 0 Å². The van der Waals surface area contributed by atoms with Crippen LogP contribution in [0.4, 0.5) is 18.9 Å². The van der Waals surface area contributed by atoms with Gasteiger partial charge in [-0.15, -0.1) is 0 Å². The fourth-order valence-electron chi connectivity index (χ4n) is 1.62. The van der Waals surface area contributed by atoms with E-state index >= 15 is 0 Å². The van der Waals surface area contributed by atoms with Crippen molar-refractivity contribution in [1.29, 1.82) is 0 Å². The summed E-state index contributed by atoms with van der Waals surface area (Å²) >= 11 is 0. The first-order valence-corrected chi connectivity index (χ1v) is 5.50. The van der Waals surface area contributed by atoms with Gasteiger partial charge in [-0.3, -0.25) is 0 Å². The van der Waals surface area contributed by atoms with Gasteiger partial charge < -0.3 is 10.1 Å². The van der Waals surface area contributed by atoms with Crippen molar-refractivity contribution in [2.75, 3.05) is 19.0 Å². The van der Waals surface area contributed by atoms with Crippen LogP contribution in [0.1, 0.15) is 18.4 Å². The molecule has 1 aliphatic carbocycles. The van der Waals surface area contributed by atoms with Gasteiger partial charge in [0.1, 0.15) is 5.75 Å². The fraction of sp³-hybridized carbons (Fsp3) is 0.500. The lowest BCUT2D eigenvalue weighted by Gasteiger charge is -2.15. The maximum Gasteiger partial charge on any atom is 0.418 e. The van der Waals surface area contributed by atoms with Gasteiger partial charge in [-0.05, 0) is 37.0 Å². The van der Waals surface area contributed by atoms with Crippen molar-refractivity contribution in [1.82, 2.24) is 0 Å². The molecule has 0 aliphatic heterocycles. The average molecular weight is 245 g/mol. The molecule has 94 valence electrons. The molecule has 1 saturated carbocycles. The fourth-order valence-corrected chi connectivity index (χ4v) is 1.62. The number of nitrogens with one attached hydrogen (secondary N) is 1. The Bertz CT molecular complexity index is 399. The first-order chi connectivity index (χ1) is 8.00. The number of halogens is 3. The van der Waals surface area contributed by atoms with Crippen molar-refractivity contribution in [3.8, 4) is 5.75 Å². The molecule has 2 nitrogen and oxygen atoms in total. The zero-order valence-electron chi connectivity index (χ0n) is 9.47. The summed E-state index contributed by atoms with van der Waals surface area (Å²) < 4.78 is 43.2. The minimum Gasteiger partial charge on any atom is -0.497 e. The highest BCUT2D eigenvalue weighted by atomic mass is 19.4. The molecule has 0 saturated heterocycles. The minimum absolute atomic E-state index is 0.130. The van der Waals surface area contributed by atoms with E-state index in [0.717, 1.165) is 18.9 Å². The predicted molar refractivity (Wildman–Crippen MR) is 59.2 cm³/mol. The maximum atomic E-state index is 12.8. The highest BCUT2D eigenvalue weighted by molar-refractivity contribution is 5.55.